The minimum absolute atomic E-state index is 0.196. The first kappa shape index (κ1) is 15.1. The summed E-state index contributed by atoms with van der Waals surface area (Å²) in [6.45, 7) is 3.95. The lowest BCUT2D eigenvalue weighted by Crippen LogP contribution is -2.29. The molecule has 0 radical (unpaired) electrons. The Kier molecular flexibility index (Phi) is 4.60. The van der Waals surface area contributed by atoms with Crippen LogP contribution in [0.4, 0.5) is 5.69 Å². The summed E-state index contributed by atoms with van der Waals surface area (Å²) in [5, 5.41) is 13.5. The van der Waals surface area contributed by atoms with Gasteiger partial charge in [-0.05, 0) is 31.5 Å². The summed E-state index contributed by atoms with van der Waals surface area (Å²) in [6.07, 6.45) is 0. The van der Waals surface area contributed by atoms with Gasteiger partial charge in [0.05, 0.1) is 6.54 Å². The van der Waals surface area contributed by atoms with E-state index in [1.54, 1.807) is 6.92 Å². The number of hydrogen-bond donors (Lipinski definition) is 3. The van der Waals surface area contributed by atoms with E-state index >= 15 is 0 Å². The molecule has 0 heterocycles. The van der Waals surface area contributed by atoms with Gasteiger partial charge in [0.15, 0.2) is 5.96 Å². The molecule has 2 rings (SSSR count). The zero-order chi connectivity index (χ0) is 15.3. The summed E-state index contributed by atoms with van der Waals surface area (Å²) >= 11 is 0. The average molecular weight is 283 g/mol. The molecule has 4 heteroatoms. The molecule has 4 N–H and O–H groups in total. The van der Waals surface area contributed by atoms with Crippen molar-refractivity contribution in [1.29, 1.82) is 0 Å². The van der Waals surface area contributed by atoms with Crippen LogP contribution in [0.5, 0.6) is 0 Å². The van der Waals surface area contributed by atoms with Gasteiger partial charge in [-0.1, -0.05) is 48.0 Å². The molecule has 0 saturated carbocycles. The predicted molar refractivity (Wildman–Crippen MR) is 87.3 cm³/mol. The number of hydrogen-bond acceptors (Lipinski definition) is 2. The highest BCUT2D eigenvalue weighted by Crippen LogP contribution is 2.20. The quantitative estimate of drug-likeness (QED) is 0.596. The van der Waals surface area contributed by atoms with Crippen molar-refractivity contribution >= 4 is 11.6 Å². The lowest BCUT2D eigenvalue weighted by molar-refractivity contribution is 0.0674. The third kappa shape index (κ3) is 4.33. The van der Waals surface area contributed by atoms with Crippen LogP contribution >= 0.6 is 0 Å². The molecule has 1 atom stereocenters. The molecular weight excluding hydrogens is 262 g/mol. The van der Waals surface area contributed by atoms with Crippen molar-refractivity contribution in [3.8, 4) is 0 Å². The van der Waals surface area contributed by atoms with Gasteiger partial charge in [-0.2, -0.15) is 0 Å². The average Bonchev–Trinajstić information content (AvgIpc) is 2.49. The minimum atomic E-state index is -1.04. The summed E-state index contributed by atoms with van der Waals surface area (Å²) in [7, 11) is 0. The first-order chi connectivity index (χ1) is 9.97. The van der Waals surface area contributed by atoms with E-state index in [2.05, 4.69) is 10.3 Å². The van der Waals surface area contributed by atoms with Crippen molar-refractivity contribution in [3.63, 3.8) is 0 Å². The minimum Gasteiger partial charge on any atom is -0.384 e. The molecule has 0 fully saturated rings. The maximum Gasteiger partial charge on any atom is 0.193 e. The van der Waals surface area contributed by atoms with Crippen LogP contribution in [0, 0.1) is 6.92 Å². The molecule has 2 aromatic rings. The number of nitrogens with one attached hydrogen (secondary N) is 1. The van der Waals surface area contributed by atoms with Crippen LogP contribution in [0.2, 0.25) is 0 Å². The van der Waals surface area contributed by atoms with Crippen LogP contribution in [0.25, 0.3) is 0 Å². The van der Waals surface area contributed by atoms with Gasteiger partial charge in [0.1, 0.15) is 5.60 Å². The van der Waals surface area contributed by atoms with Gasteiger partial charge >= 0.3 is 0 Å². The molecule has 1 unspecified atom stereocenters. The second-order valence-electron chi connectivity index (χ2n) is 5.33. The molecule has 110 valence electrons. The molecule has 0 aliphatic rings. The van der Waals surface area contributed by atoms with E-state index in [9.17, 15) is 5.11 Å². The largest absolute Gasteiger partial charge is 0.384 e. The summed E-state index contributed by atoms with van der Waals surface area (Å²) < 4.78 is 0. The number of benzene rings is 2. The first-order valence-electron chi connectivity index (χ1n) is 6.89. The fraction of sp³-hybridized carbons (Fsp3) is 0.235. The number of nitrogens with zero attached hydrogens (tertiary/aromatic N) is 1. The standard InChI is InChI=1S/C17H21N3O/c1-13-8-10-15(11-9-13)20-16(18)19-12-17(2,21)14-6-4-3-5-7-14/h3-11,21H,12H2,1-2H3,(H3,18,19,20). The molecule has 0 saturated heterocycles. The maximum atomic E-state index is 10.4. The van der Waals surface area contributed by atoms with E-state index in [1.807, 2.05) is 61.5 Å². The Balaban J connectivity index is 2.01. The van der Waals surface area contributed by atoms with Gasteiger partial charge < -0.3 is 16.2 Å². The summed E-state index contributed by atoms with van der Waals surface area (Å²) in [4.78, 5) is 4.22. The van der Waals surface area contributed by atoms with E-state index in [1.165, 1.54) is 5.56 Å². The maximum absolute atomic E-state index is 10.4. The third-order valence-corrected chi connectivity index (χ3v) is 3.28. The number of guanidine groups is 1. The molecule has 0 aromatic heterocycles. The van der Waals surface area contributed by atoms with Gasteiger partial charge in [-0.25, -0.2) is 4.99 Å². The number of rotatable bonds is 4. The van der Waals surface area contributed by atoms with E-state index in [-0.39, 0.29) is 12.5 Å². The molecule has 0 bridgehead atoms. The molecule has 0 spiro atoms. The molecule has 4 nitrogen and oxygen atoms in total. The smallest absolute Gasteiger partial charge is 0.193 e. The van der Waals surface area contributed by atoms with Gasteiger partial charge in [0.25, 0.3) is 0 Å². The SMILES string of the molecule is Cc1ccc(NC(N)=NCC(C)(O)c2ccccc2)cc1. The Hall–Kier alpha value is -2.33. The Bertz CT molecular complexity index is 604. The lowest BCUT2D eigenvalue weighted by Gasteiger charge is -2.21. The number of aryl methyl sites for hydroxylation is 1. The van der Waals surface area contributed by atoms with Gasteiger partial charge in [-0.3, -0.25) is 0 Å². The topological polar surface area (TPSA) is 70.6 Å². The number of nitrogens with two attached hydrogens (primary N) is 1. The first-order valence-corrected chi connectivity index (χ1v) is 6.89. The zero-order valence-corrected chi connectivity index (χ0v) is 12.4. The summed E-state index contributed by atoms with van der Waals surface area (Å²) in [5.41, 5.74) is 7.69. The number of anilines is 1. The predicted octanol–water partition coefficient (Wildman–Crippen LogP) is 2.63. The van der Waals surface area contributed by atoms with Crippen LogP contribution in [0.15, 0.2) is 59.6 Å². The Morgan fingerprint density at radius 2 is 1.76 bits per heavy atom. The Morgan fingerprint density at radius 3 is 2.38 bits per heavy atom. The van der Waals surface area contributed by atoms with E-state index < -0.39 is 5.60 Å². The second-order valence-corrected chi connectivity index (χ2v) is 5.33. The van der Waals surface area contributed by atoms with Crippen molar-refractivity contribution in [2.24, 2.45) is 10.7 Å². The van der Waals surface area contributed by atoms with Crippen molar-refractivity contribution in [2.75, 3.05) is 11.9 Å². The van der Waals surface area contributed by atoms with Crippen molar-refractivity contribution in [3.05, 3.63) is 65.7 Å². The van der Waals surface area contributed by atoms with Crippen molar-refractivity contribution in [2.45, 2.75) is 19.4 Å². The third-order valence-electron chi connectivity index (χ3n) is 3.28. The van der Waals surface area contributed by atoms with Crippen LogP contribution in [0.1, 0.15) is 18.1 Å². The normalized spacial score (nSPS) is 14.5. The fourth-order valence-electron chi connectivity index (χ4n) is 1.95. The van der Waals surface area contributed by atoms with E-state index in [4.69, 9.17) is 5.73 Å². The molecular formula is C17H21N3O. The molecule has 0 aliphatic carbocycles. The fourth-order valence-corrected chi connectivity index (χ4v) is 1.95. The summed E-state index contributed by atoms with van der Waals surface area (Å²) in [5.74, 6) is 0.287. The Morgan fingerprint density at radius 1 is 1.14 bits per heavy atom. The van der Waals surface area contributed by atoms with Crippen molar-refractivity contribution < 1.29 is 5.11 Å². The molecule has 0 amide bonds. The van der Waals surface area contributed by atoms with Crippen LogP contribution in [-0.2, 0) is 5.60 Å². The second kappa shape index (κ2) is 6.41. The highest BCUT2D eigenvalue weighted by atomic mass is 16.3. The molecule has 21 heavy (non-hydrogen) atoms. The van der Waals surface area contributed by atoms with Crippen LogP contribution in [0.3, 0.4) is 0 Å². The van der Waals surface area contributed by atoms with E-state index in [0.29, 0.717) is 0 Å². The zero-order valence-electron chi connectivity index (χ0n) is 12.4. The number of aliphatic imine (C=N–C) groups is 1. The van der Waals surface area contributed by atoms with Gasteiger partial charge in [0, 0.05) is 5.69 Å². The van der Waals surface area contributed by atoms with Crippen LogP contribution < -0.4 is 11.1 Å². The molecule has 0 aliphatic heterocycles. The monoisotopic (exact) mass is 283 g/mol. The highest BCUT2D eigenvalue weighted by molar-refractivity contribution is 5.92. The summed E-state index contributed by atoms with van der Waals surface area (Å²) in [6, 6.07) is 17.3. The Labute approximate surface area is 125 Å². The number of aliphatic hydroxyl groups is 1. The lowest BCUT2D eigenvalue weighted by atomic mass is 9.96. The van der Waals surface area contributed by atoms with Crippen molar-refractivity contribution in [1.82, 2.24) is 0 Å². The van der Waals surface area contributed by atoms with Gasteiger partial charge in [-0.15, -0.1) is 0 Å². The highest BCUT2D eigenvalue weighted by Gasteiger charge is 2.22. The van der Waals surface area contributed by atoms with Crippen LogP contribution in [-0.4, -0.2) is 17.6 Å². The van der Waals surface area contributed by atoms with Gasteiger partial charge in [0.2, 0.25) is 0 Å². The van der Waals surface area contributed by atoms with E-state index in [0.717, 1.165) is 11.3 Å². The molecule has 2 aromatic carbocycles.